The fourth-order valence-corrected chi connectivity index (χ4v) is 4.68. The van der Waals surface area contributed by atoms with Gasteiger partial charge in [0.15, 0.2) is 0 Å². The van der Waals surface area contributed by atoms with Gasteiger partial charge in [-0.3, -0.25) is 4.98 Å². The quantitative estimate of drug-likeness (QED) is 0.918. The Bertz CT molecular complexity index is 514. The van der Waals surface area contributed by atoms with Crippen LogP contribution in [0.5, 0.6) is 5.75 Å². The number of fused-ring (bicyclic) bond motifs is 2. The first-order chi connectivity index (χ1) is 9.59. The van der Waals surface area contributed by atoms with E-state index in [2.05, 4.69) is 13.8 Å². The summed E-state index contributed by atoms with van der Waals surface area (Å²) in [4.78, 5) is 4.69. The number of nitrogens with zero attached hydrogens (tertiary/aromatic N) is 1. The molecule has 3 heteroatoms. The lowest BCUT2D eigenvalue weighted by Gasteiger charge is -2.37. The van der Waals surface area contributed by atoms with Crippen molar-refractivity contribution in [1.82, 2.24) is 4.98 Å². The second-order valence-corrected chi connectivity index (χ2v) is 6.87. The predicted molar refractivity (Wildman–Crippen MR) is 80.9 cm³/mol. The first-order valence-corrected chi connectivity index (χ1v) is 7.79. The van der Waals surface area contributed by atoms with E-state index in [0.29, 0.717) is 5.41 Å². The van der Waals surface area contributed by atoms with Crippen LogP contribution in [0.1, 0.15) is 42.5 Å². The molecule has 0 aromatic carbocycles. The summed E-state index contributed by atoms with van der Waals surface area (Å²) in [6.07, 6.45) is 8.43. The molecule has 0 amide bonds. The number of hydrogen-bond donors (Lipinski definition) is 1. The molecule has 20 heavy (non-hydrogen) atoms. The molecule has 0 aliphatic heterocycles. The van der Waals surface area contributed by atoms with Crippen molar-refractivity contribution >= 4 is 0 Å². The molecule has 3 nitrogen and oxygen atoms in total. The average Bonchev–Trinajstić information content (AvgIpc) is 3.04. The van der Waals surface area contributed by atoms with Gasteiger partial charge in [0.2, 0.25) is 0 Å². The normalized spacial score (nSPS) is 31.8. The molecule has 1 heterocycles. The highest BCUT2D eigenvalue weighted by Gasteiger charge is 2.50. The molecule has 2 N–H and O–H groups in total. The number of hydrogen-bond acceptors (Lipinski definition) is 3. The number of ether oxygens (including phenoxy) is 1. The maximum atomic E-state index is 6.19. The van der Waals surface area contributed by atoms with Crippen molar-refractivity contribution in [2.24, 2.45) is 23.0 Å². The maximum absolute atomic E-state index is 6.19. The molecule has 0 radical (unpaired) electrons. The molecule has 0 saturated heterocycles. The van der Waals surface area contributed by atoms with Crippen LogP contribution in [0.25, 0.3) is 0 Å². The van der Waals surface area contributed by atoms with Crippen LogP contribution < -0.4 is 10.5 Å². The number of aromatic nitrogens is 1. The highest BCUT2D eigenvalue weighted by Crippen LogP contribution is 2.56. The molecule has 1 aromatic rings. The largest absolute Gasteiger partial charge is 0.496 e. The summed E-state index contributed by atoms with van der Waals surface area (Å²) in [5, 5.41) is 0. The monoisotopic (exact) mass is 274 g/mol. The number of pyridine rings is 1. The minimum absolute atomic E-state index is 0.293. The predicted octanol–water partition coefficient (Wildman–Crippen LogP) is 3.01. The van der Waals surface area contributed by atoms with Crippen LogP contribution in [-0.2, 0) is 6.42 Å². The Labute approximate surface area is 121 Å². The third-order valence-corrected chi connectivity index (χ3v) is 5.78. The van der Waals surface area contributed by atoms with Gasteiger partial charge in [0.25, 0.3) is 0 Å². The van der Waals surface area contributed by atoms with Crippen LogP contribution >= 0.6 is 0 Å². The van der Waals surface area contributed by atoms with Gasteiger partial charge < -0.3 is 10.5 Å². The molecular weight excluding hydrogens is 248 g/mol. The molecule has 2 fully saturated rings. The third-order valence-electron chi connectivity index (χ3n) is 5.78. The van der Waals surface area contributed by atoms with Gasteiger partial charge >= 0.3 is 0 Å². The zero-order chi connectivity index (χ0) is 14.3. The molecular formula is C17H26N2O. The standard InChI is InChI=1S/C17H26N2O/c1-11-9-19-15(12(2)16(11)20-3)8-17(10-18)7-13-4-5-14(17)6-13/h9,13-14H,4-8,10,18H2,1-3H3. The summed E-state index contributed by atoms with van der Waals surface area (Å²) < 4.78 is 5.54. The van der Waals surface area contributed by atoms with E-state index in [9.17, 15) is 0 Å². The summed E-state index contributed by atoms with van der Waals surface area (Å²) in [6.45, 7) is 4.98. The van der Waals surface area contributed by atoms with Crippen molar-refractivity contribution in [1.29, 1.82) is 0 Å². The number of nitrogens with two attached hydrogens (primary N) is 1. The van der Waals surface area contributed by atoms with Crippen molar-refractivity contribution in [3.05, 3.63) is 23.0 Å². The molecule has 2 aliphatic carbocycles. The highest BCUT2D eigenvalue weighted by atomic mass is 16.5. The van der Waals surface area contributed by atoms with E-state index in [4.69, 9.17) is 15.5 Å². The van der Waals surface area contributed by atoms with Gasteiger partial charge in [0.05, 0.1) is 7.11 Å². The molecule has 3 rings (SSSR count). The van der Waals surface area contributed by atoms with E-state index < -0.39 is 0 Å². The van der Waals surface area contributed by atoms with Crippen LogP contribution in [0.4, 0.5) is 0 Å². The van der Waals surface area contributed by atoms with Crippen molar-refractivity contribution in [2.45, 2.75) is 46.0 Å². The summed E-state index contributed by atoms with van der Waals surface area (Å²) in [5.41, 5.74) is 9.98. The summed E-state index contributed by atoms with van der Waals surface area (Å²) in [7, 11) is 1.75. The van der Waals surface area contributed by atoms with E-state index in [0.717, 1.165) is 36.1 Å². The van der Waals surface area contributed by atoms with Crippen LogP contribution in [0, 0.1) is 31.1 Å². The lowest BCUT2D eigenvalue weighted by atomic mass is 9.70. The van der Waals surface area contributed by atoms with Gasteiger partial charge in [0.1, 0.15) is 5.75 Å². The lowest BCUT2D eigenvalue weighted by Crippen LogP contribution is -2.38. The first-order valence-electron chi connectivity index (χ1n) is 7.79. The van der Waals surface area contributed by atoms with Crippen LogP contribution in [0.2, 0.25) is 0 Å². The molecule has 0 spiro atoms. The first kappa shape index (κ1) is 13.9. The second kappa shape index (κ2) is 5.03. The molecule has 110 valence electrons. The number of methoxy groups -OCH3 is 1. The van der Waals surface area contributed by atoms with Crippen LogP contribution in [0.3, 0.4) is 0 Å². The molecule has 3 unspecified atom stereocenters. The smallest absolute Gasteiger partial charge is 0.128 e. The minimum Gasteiger partial charge on any atom is -0.496 e. The zero-order valence-corrected chi connectivity index (χ0v) is 12.9. The van der Waals surface area contributed by atoms with E-state index in [1.54, 1.807) is 7.11 Å². The maximum Gasteiger partial charge on any atom is 0.128 e. The van der Waals surface area contributed by atoms with Crippen LogP contribution in [-0.4, -0.2) is 18.6 Å². The SMILES string of the molecule is COc1c(C)cnc(CC2(CN)CC3CCC2C3)c1C. The lowest BCUT2D eigenvalue weighted by molar-refractivity contribution is 0.169. The summed E-state index contributed by atoms with van der Waals surface area (Å²) in [5.74, 6) is 2.72. The van der Waals surface area contributed by atoms with Crippen molar-refractivity contribution in [2.75, 3.05) is 13.7 Å². The highest BCUT2D eigenvalue weighted by molar-refractivity contribution is 5.41. The average molecular weight is 274 g/mol. The Balaban J connectivity index is 1.91. The van der Waals surface area contributed by atoms with E-state index in [1.807, 2.05) is 6.20 Å². The van der Waals surface area contributed by atoms with Gasteiger partial charge in [-0.05, 0) is 63.3 Å². The van der Waals surface area contributed by atoms with Gasteiger partial charge in [-0.25, -0.2) is 0 Å². The van der Waals surface area contributed by atoms with Gasteiger partial charge in [-0.2, -0.15) is 0 Å². The second-order valence-electron chi connectivity index (χ2n) is 6.87. The Morgan fingerprint density at radius 2 is 2.20 bits per heavy atom. The Hall–Kier alpha value is -1.09. The topological polar surface area (TPSA) is 48.1 Å². The van der Waals surface area contributed by atoms with Gasteiger partial charge in [-0.15, -0.1) is 0 Å². The Kier molecular flexibility index (Phi) is 3.49. The van der Waals surface area contributed by atoms with Crippen molar-refractivity contribution < 1.29 is 4.74 Å². The van der Waals surface area contributed by atoms with E-state index in [1.165, 1.54) is 36.9 Å². The summed E-state index contributed by atoms with van der Waals surface area (Å²) in [6, 6.07) is 0. The van der Waals surface area contributed by atoms with E-state index in [-0.39, 0.29) is 0 Å². The fraction of sp³-hybridized carbons (Fsp3) is 0.706. The van der Waals surface area contributed by atoms with Crippen molar-refractivity contribution in [3.63, 3.8) is 0 Å². The fourth-order valence-electron chi connectivity index (χ4n) is 4.68. The molecule has 1 aromatic heterocycles. The van der Waals surface area contributed by atoms with Gasteiger partial charge in [0, 0.05) is 23.0 Å². The third kappa shape index (κ3) is 2.03. The molecule has 2 saturated carbocycles. The van der Waals surface area contributed by atoms with Crippen LogP contribution in [0.15, 0.2) is 6.20 Å². The minimum atomic E-state index is 0.293. The molecule has 2 bridgehead atoms. The summed E-state index contributed by atoms with van der Waals surface area (Å²) >= 11 is 0. The number of rotatable bonds is 4. The van der Waals surface area contributed by atoms with Gasteiger partial charge in [-0.1, -0.05) is 6.42 Å². The van der Waals surface area contributed by atoms with E-state index >= 15 is 0 Å². The molecule has 2 aliphatic rings. The van der Waals surface area contributed by atoms with Crippen molar-refractivity contribution in [3.8, 4) is 5.75 Å². The zero-order valence-electron chi connectivity index (χ0n) is 12.9. The molecule has 3 atom stereocenters. The Morgan fingerprint density at radius 3 is 2.75 bits per heavy atom. The Morgan fingerprint density at radius 1 is 1.40 bits per heavy atom. The number of aryl methyl sites for hydroxylation is 1.